The third kappa shape index (κ3) is 5.61. The van der Waals surface area contributed by atoms with Gasteiger partial charge in [0, 0.05) is 35.9 Å². The van der Waals surface area contributed by atoms with Gasteiger partial charge < -0.3 is 25.5 Å². The fourth-order valence-corrected chi connectivity index (χ4v) is 3.60. The van der Waals surface area contributed by atoms with E-state index in [2.05, 4.69) is 30.6 Å². The lowest BCUT2D eigenvalue weighted by Gasteiger charge is -2.14. The van der Waals surface area contributed by atoms with Crippen LogP contribution in [0.4, 0.5) is 19.1 Å². The van der Waals surface area contributed by atoms with Crippen molar-refractivity contribution in [1.82, 2.24) is 25.3 Å². The van der Waals surface area contributed by atoms with Gasteiger partial charge in [-0.3, -0.25) is 4.79 Å². The second kappa shape index (κ2) is 10.4. The van der Waals surface area contributed by atoms with E-state index in [4.69, 9.17) is 14.9 Å². The van der Waals surface area contributed by atoms with Crippen LogP contribution < -0.4 is 21.1 Å². The predicted molar refractivity (Wildman–Crippen MR) is 129 cm³/mol. The highest BCUT2D eigenvalue weighted by molar-refractivity contribution is 5.98. The molecule has 0 aliphatic rings. The number of nitrogens with two attached hydrogens (primary N) is 1. The number of benzene rings is 1. The van der Waals surface area contributed by atoms with E-state index in [0.29, 0.717) is 23.4 Å². The molecule has 0 saturated heterocycles. The average molecular weight is 515 g/mol. The summed E-state index contributed by atoms with van der Waals surface area (Å²) in [6, 6.07) is 5.81. The molecule has 0 radical (unpaired) electrons. The number of methoxy groups -OCH3 is 1. The fourth-order valence-electron chi connectivity index (χ4n) is 3.60. The lowest BCUT2D eigenvalue weighted by atomic mass is 10.1. The van der Waals surface area contributed by atoms with Crippen LogP contribution in [0.2, 0.25) is 0 Å². The number of alkyl halides is 3. The predicted octanol–water partition coefficient (Wildman–Crippen LogP) is 3.96. The number of hydrogen-bond acceptors (Lipinski definition) is 9. The molecule has 0 saturated carbocycles. The van der Waals surface area contributed by atoms with Gasteiger partial charge in [-0.2, -0.15) is 13.2 Å². The smallest absolute Gasteiger partial charge is 0.433 e. The number of fused-ring (bicyclic) bond motifs is 1. The van der Waals surface area contributed by atoms with Gasteiger partial charge in [0.25, 0.3) is 5.91 Å². The molecule has 4 aromatic rings. The highest BCUT2D eigenvalue weighted by atomic mass is 19.4. The number of aromatic nitrogens is 4. The van der Waals surface area contributed by atoms with Crippen LogP contribution in [-0.2, 0) is 6.18 Å². The molecule has 37 heavy (non-hydrogen) atoms. The van der Waals surface area contributed by atoms with Crippen LogP contribution in [0.15, 0.2) is 47.1 Å². The Morgan fingerprint density at radius 3 is 2.51 bits per heavy atom. The van der Waals surface area contributed by atoms with E-state index >= 15 is 0 Å². The number of rotatable bonds is 8. The number of oxazole rings is 1. The highest BCUT2D eigenvalue weighted by Gasteiger charge is 2.33. The molecule has 0 bridgehead atoms. The van der Waals surface area contributed by atoms with Crippen LogP contribution in [0.5, 0.6) is 5.75 Å². The van der Waals surface area contributed by atoms with Crippen LogP contribution in [0.25, 0.3) is 22.4 Å². The highest BCUT2D eigenvalue weighted by Crippen LogP contribution is 2.37. The summed E-state index contributed by atoms with van der Waals surface area (Å²) in [5.74, 6) is 0.168. The van der Waals surface area contributed by atoms with Crippen molar-refractivity contribution in [3.63, 3.8) is 0 Å². The van der Waals surface area contributed by atoms with Gasteiger partial charge in [0.2, 0.25) is 11.8 Å². The largest absolute Gasteiger partial charge is 0.494 e. The van der Waals surface area contributed by atoms with Crippen LogP contribution in [0.1, 0.15) is 41.8 Å². The quantitative estimate of drug-likeness (QED) is 0.318. The Morgan fingerprint density at radius 1 is 1.14 bits per heavy atom. The molecule has 10 nitrogen and oxygen atoms in total. The number of carbonyl (C=O) groups is 1. The first-order chi connectivity index (χ1) is 17.6. The van der Waals surface area contributed by atoms with E-state index in [-0.39, 0.29) is 34.7 Å². The Balaban J connectivity index is 1.65. The number of ether oxygens (including phenoxy) is 1. The summed E-state index contributed by atoms with van der Waals surface area (Å²) in [5, 5.41) is 6.13. The normalized spacial score (nSPS) is 13.3. The molecule has 1 amide bonds. The van der Waals surface area contributed by atoms with Crippen LogP contribution in [0, 0.1) is 0 Å². The van der Waals surface area contributed by atoms with Gasteiger partial charge in [-0.05, 0) is 44.2 Å². The third-order valence-corrected chi connectivity index (χ3v) is 5.35. The van der Waals surface area contributed by atoms with Crippen molar-refractivity contribution in [2.24, 2.45) is 5.73 Å². The van der Waals surface area contributed by atoms with Gasteiger partial charge in [0.15, 0.2) is 11.5 Å². The molecular weight excluding hydrogens is 491 g/mol. The van der Waals surface area contributed by atoms with Gasteiger partial charge in [-0.1, -0.05) is 0 Å². The number of anilines is 1. The summed E-state index contributed by atoms with van der Waals surface area (Å²) in [7, 11) is 1.33. The number of carbonyl (C=O) groups excluding carboxylic acids is 1. The average Bonchev–Trinajstić information content (AvgIpc) is 3.32. The lowest BCUT2D eigenvalue weighted by Crippen LogP contribution is -2.38. The molecule has 3 aromatic heterocycles. The summed E-state index contributed by atoms with van der Waals surface area (Å²) in [5.41, 5.74) is 5.24. The number of amides is 1. The summed E-state index contributed by atoms with van der Waals surface area (Å²) in [6.07, 6.45) is -1.46. The van der Waals surface area contributed by atoms with Gasteiger partial charge >= 0.3 is 6.18 Å². The summed E-state index contributed by atoms with van der Waals surface area (Å²) in [4.78, 5) is 29.3. The standard InChI is InChI=1S/C24H24F3N7O3/c1-12(11-31-23-29-9-4-10-30-23)32-21(35)19-20(13(2)28)37-22(34-19)15-5-7-16(36-3)18-14(15)6-8-17(33-18)24(25,26)27/h4-10,12-13H,11,28H2,1-3H3,(H,32,35)(H,29,30,31)/t12-,13+/m1/s1. The van der Waals surface area contributed by atoms with Crippen LogP contribution >= 0.6 is 0 Å². The molecule has 2 atom stereocenters. The van der Waals surface area contributed by atoms with Crippen molar-refractivity contribution in [2.45, 2.75) is 32.1 Å². The van der Waals surface area contributed by atoms with E-state index in [1.54, 1.807) is 38.4 Å². The Labute approximate surface area is 209 Å². The Kier molecular flexibility index (Phi) is 7.25. The number of hydrogen-bond donors (Lipinski definition) is 3. The van der Waals surface area contributed by atoms with Gasteiger partial charge in [0.05, 0.1) is 13.2 Å². The van der Waals surface area contributed by atoms with E-state index in [1.807, 2.05) is 0 Å². The summed E-state index contributed by atoms with van der Waals surface area (Å²) >= 11 is 0. The minimum atomic E-state index is -4.64. The number of nitrogens with zero attached hydrogens (tertiary/aromatic N) is 4. The van der Waals surface area contributed by atoms with Gasteiger partial charge in [-0.25, -0.2) is 19.9 Å². The molecule has 0 fully saturated rings. The Bertz CT molecular complexity index is 1410. The monoisotopic (exact) mass is 515 g/mol. The molecule has 0 aliphatic carbocycles. The third-order valence-electron chi connectivity index (χ3n) is 5.35. The van der Waals surface area contributed by atoms with Crippen molar-refractivity contribution < 1.29 is 27.1 Å². The summed E-state index contributed by atoms with van der Waals surface area (Å²) < 4.78 is 50.8. The SMILES string of the molecule is COc1ccc(-c2nc(C(=O)N[C@H](C)CNc3ncccn3)c([C@H](C)N)o2)c2ccc(C(F)(F)F)nc12. The Hall–Kier alpha value is -4.26. The second-order valence-corrected chi connectivity index (χ2v) is 8.25. The van der Waals surface area contributed by atoms with Crippen molar-refractivity contribution in [2.75, 3.05) is 19.0 Å². The molecular formula is C24H24F3N7O3. The Morgan fingerprint density at radius 2 is 1.86 bits per heavy atom. The zero-order valence-electron chi connectivity index (χ0n) is 20.1. The molecule has 1 aromatic carbocycles. The zero-order valence-corrected chi connectivity index (χ0v) is 20.1. The van der Waals surface area contributed by atoms with E-state index in [9.17, 15) is 18.0 Å². The van der Waals surface area contributed by atoms with E-state index < -0.39 is 23.8 Å². The molecule has 4 rings (SSSR count). The fraction of sp³-hybridized carbons (Fsp3) is 0.292. The molecule has 194 valence electrons. The first kappa shape index (κ1) is 25.8. The minimum Gasteiger partial charge on any atom is -0.494 e. The van der Waals surface area contributed by atoms with Crippen molar-refractivity contribution in [1.29, 1.82) is 0 Å². The van der Waals surface area contributed by atoms with E-state index in [1.165, 1.54) is 19.2 Å². The minimum absolute atomic E-state index is 0.00938. The van der Waals surface area contributed by atoms with Crippen LogP contribution in [0.3, 0.4) is 0 Å². The molecule has 0 unspecified atom stereocenters. The van der Waals surface area contributed by atoms with Crippen molar-refractivity contribution >= 4 is 22.8 Å². The molecule has 0 aliphatic heterocycles. The molecule has 0 spiro atoms. The van der Waals surface area contributed by atoms with Crippen LogP contribution in [-0.4, -0.2) is 45.5 Å². The topological polar surface area (TPSA) is 141 Å². The number of halogens is 3. The maximum atomic E-state index is 13.3. The number of pyridine rings is 1. The molecule has 3 heterocycles. The first-order valence-electron chi connectivity index (χ1n) is 11.2. The van der Waals surface area contributed by atoms with E-state index in [0.717, 1.165) is 6.07 Å². The maximum Gasteiger partial charge on any atom is 0.433 e. The second-order valence-electron chi connectivity index (χ2n) is 8.25. The molecule has 13 heteroatoms. The lowest BCUT2D eigenvalue weighted by molar-refractivity contribution is -0.140. The van der Waals surface area contributed by atoms with Gasteiger partial charge in [0.1, 0.15) is 17.0 Å². The van der Waals surface area contributed by atoms with Crippen molar-refractivity contribution in [3.05, 3.63) is 59.9 Å². The number of nitrogens with one attached hydrogen (secondary N) is 2. The van der Waals surface area contributed by atoms with Crippen molar-refractivity contribution in [3.8, 4) is 17.2 Å². The maximum absolute atomic E-state index is 13.3. The summed E-state index contributed by atoms with van der Waals surface area (Å²) in [6.45, 7) is 3.74. The zero-order chi connectivity index (χ0) is 26.7. The molecule has 4 N–H and O–H groups in total. The van der Waals surface area contributed by atoms with Gasteiger partial charge in [-0.15, -0.1) is 0 Å². The first-order valence-corrected chi connectivity index (χ1v) is 11.2.